The molecular formula is C12H20N2O2. The second-order valence-corrected chi connectivity index (χ2v) is 4.11. The average Bonchev–Trinajstić information content (AvgIpc) is 2.29. The van der Waals surface area contributed by atoms with Gasteiger partial charge in [-0.05, 0) is 12.0 Å². The number of nitrogens with zero attached hydrogens (tertiary/aromatic N) is 1. The van der Waals surface area contributed by atoms with Crippen molar-refractivity contribution in [1.29, 1.82) is 0 Å². The van der Waals surface area contributed by atoms with Crippen molar-refractivity contribution in [2.45, 2.75) is 26.5 Å². The molecule has 4 heteroatoms. The monoisotopic (exact) mass is 224 g/mol. The van der Waals surface area contributed by atoms with E-state index in [1.807, 2.05) is 32.0 Å². The zero-order chi connectivity index (χ0) is 12.0. The molecule has 0 aliphatic rings. The molecule has 0 bridgehead atoms. The Balaban J connectivity index is 2.37. The highest BCUT2D eigenvalue weighted by Gasteiger charge is 2.08. The van der Waals surface area contributed by atoms with Crippen molar-refractivity contribution in [2.24, 2.45) is 5.92 Å². The predicted octanol–water partition coefficient (Wildman–Crippen LogP) is 1.20. The van der Waals surface area contributed by atoms with Gasteiger partial charge in [-0.2, -0.15) is 0 Å². The van der Waals surface area contributed by atoms with Gasteiger partial charge in [0.15, 0.2) is 0 Å². The van der Waals surface area contributed by atoms with Gasteiger partial charge in [0, 0.05) is 19.2 Å². The molecule has 0 aliphatic carbocycles. The molecule has 0 saturated heterocycles. The summed E-state index contributed by atoms with van der Waals surface area (Å²) in [6.07, 6.45) is -0.314. The number of aromatic nitrogens is 1. The van der Waals surface area contributed by atoms with Crippen LogP contribution in [-0.4, -0.2) is 29.8 Å². The molecule has 0 amide bonds. The van der Waals surface area contributed by atoms with Gasteiger partial charge in [0.2, 0.25) is 5.88 Å². The van der Waals surface area contributed by atoms with E-state index in [4.69, 9.17) is 4.74 Å². The second-order valence-electron chi connectivity index (χ2n) is 4.11. The number of hydrogen-bond acceptors (Lipinski definition) is 4. The van der Waals surface area contributed by atoms with Gasteiger partial charge in [-0.1, -0.05) is 19.9 Å². The minimum atomic E-state index is -0.314. The number of ether oxygens (including phenoxy) is 1. The number of aliphatic hydroxyl groups excluding tert-OH is 1. The number of rotatable bonds is 6. The highest BCUT2D eigenvalue weighted by molar-refractivity contribution is 5.15. The van der Waals surface area contributed by atoms with Gasteiger partial charge in [-0.3, -0.25) is 0 Å². The Labute approximate surface area is 96.7 Å². The van der Waals surface area contributed by atoms with Gasteiger partial charge in [-0.25, -0.2) is 4.98 Å². The lowest BCUT2D eigenvalue weighted by Gasteiger charge is -2.14. The van der Waals surface area contributed by atoms with Crippen LogP contribution in [0.2, 0.25) is 0 Å². The molecule has 1 rings (SSSR count). The summed E-state index contributed by atoms with van der Waals surface area (Å²) in [4.78, 5) is 4.27. The maximum atomic E-state index is 9.60. The lowest BCUT2D eigenvalue weighted by molar-refractivity contribution is 0.123. The summed E-state index contributed by atoms with van der Waals surface area (Å²) >= 11 is 0. The summed E-state index contributed by atoms with van der Waals surface area (Å²) in [7, 11) is 1.60. The molecule has 4 nitrogen and oxygen atoms in total. The first-order valence-corrected chi connectivity index (χ1v) is 5.52. The number of hydrogen-bond donors (Lipinski definition) is 2. The standard InChI is InChI=1S/C12H20N2O2/c1-9(2)11(15)8-13-7-10-5-4-6-12(14-10)16-3/h4-6,9,11,13,15H,7-8H2,1-3H3. The molecule has 1 heterocycles. The fourth-order valence-corrected chi connectivity index (χ4v) is 1.25. The molecule has 90 valence electrons. The highest BCUT2D eigenvalue weighted by atomic mass is 16.5. The van der Waals surface area contributed by atoms with Crippen LogP contribution in [0.4, 0.5) is 0 Å². The van der Waals surface area contributed by atoms with Crippen LogP contribution in [0.1, 0.15) is 19.5 Å². The molecular weight excluding hydrogens is 204 g/mol. The van der Waals surface area contributed by atoms with E-state index in [1.165, 1.54) is 0 Å². The van der Waals surface area contributed by atoms with E-state index in [-0.39, 0.29) is 12.0 Å². The van der Waals surface area contributed by atoms with E-state index < -0.39 is 0 Å². The van der Waals surface area contributed by atoms with Crippen LogP contribution in [0.15, 0.2) is 18.2 Å². The number of aliphatic hydroxyl groups is 1. The van der Waals surface area contributed by atoms with E-state index in [0.29, 0.717) is 19.0 Å². The first-order valence-electron chi connectivity index (χ1n) is 5.52. The van der Waals surface area contributed by atoms with Crippen LogP contribution < -0.4 is 10.1 Å². The molecule has 0 radical (unpaired) electrons. The molecule has 1 aromatic heterocycles. The summed E-state index contributed by atoms with van der Waals surface area (Å²) in [5.41, 5.74) is 0.912. The van der Waals surface area contributed by atoms with E-state index in [0.717, 1.165) is 5.69 Å². The zero-order valence-corrected chi connectivity index (χ0v) is 10.1. The molecule has 0 aliphatic heterocycles. The summed E-state index contributed by atoms with van der Waals surface area (Å²) < 4.78 is 5.03. The average molecular weight is 224 g/mol. The Hall–Kier alpha value is -1.13. The van der Waals surface area contributed by atoms with Crippen molar-refractivity contribution in [3.63, 3.8) is 0 Å². The minimum Gasteiger partial charge on any atom is -0.481 e. The third kappa shape index (κ3) is 4.16. The van der Waals surface area contributed by atoms with Crippen LogP contribution >= 0.6 is 0 Å². The lowest BCUT2D eigenvalue weighted by Crippen LogP contribution is -2.30. The lowest BCUT2D eigenvalue weighted by atomic mass is 10.1. The van der Waals surface area contributed by atoms with Gasteiger partial charge < -0.3 is 15.2 Å². The predicted molar refractivity (Wildman–Crippen MR) is 63.3 cm³/mol. The van der Waals surface area contributed by atoms with Gasteiger partial charge in [-0.15, -0.1) is 0 Å². The Morgan fingerprint density at radius 2 is 2.19 bits per heavy atom. The van der Waals surface area contributed by atoms with Crippen LogP contribution in [0.5, 0.6) is 5.88 Å². The number of methoxy groups -OCH3 is 1. The third-order valence-corrected chi connectivity index (χ3v) is 2.42. The largest absolute Gasteiger partial charge is 0.481 e. The maximum absolute atomic E-state index is 9.60. The van der Waals surface area contributed by atoms with Crippen molar-refractivity contribution < 1.29 is 9.84 Å². The summed E-state index contributed by atoms with van der Waals surface area (Å²) in [6.45, 7) is 5.21. The first-order chi connectivity index (χ1) is 7.63. The Bertz CT molecular complexity index is 316. The summed E-state index contributed by atoms with van der Waals surface area (Å²) in [6, 6.07) is 5.64. The van der Waals surface area contributed by atoms with Gasteiger partial charge in [0.1, 0.15) is 0 Å². The summed E-state index contributed by atoms with van der Waals surface area (Å²) in [5, 5.41) is 12.8. The summed E-state index contributed by atoms with van der Waals surface area (Å²) in [5.74, 6) is 0.884. The van der Waals surface area contributed by atoms with Gasteiger partial charge in [0.25, 0.3) is 0 Å². The number of pyridine rings is 1. The SMILES string of the molecule is COc1cccc(CNCC(O)C(C)C)n1. The fraction of sp³-hybridized carbons (Fsp3) is 0.583. The van der Waals surface area contributed by atoms with Crippen molar-refractivity contribution >= 4 is 0 Å². The Kier molecular flexibility index (Phi) is 5.22. The number of nitrogens with one attached hydrogen (secondary N) is 1. The van der Waals surface area contributed by atoms with Gasteiger partial charge in [0.05, 0.1) is 18.9 Å². The molecule has 0 aromatic carbocycles. The second kappa shape index (κ2) is 6.45. The van der Waals surface area contributed by atoms with E-state index in [1.54, 1.807) is 7.11 Å². The van der Waals surface area contributed by atoms with Crippen molar-refractivity contribution in [2.75, 3.05) is 13.7 Å². The maximum Gasteiger partial charge on any atom is 0.213 e. The van der Waals surface area contributed by atoms with Crippen LogP contribution in [-0.2, 0) is 6.54 Å². The molecule has 16 heavy (non-hydrogen) atoms. The minimum absolute atomic E-state index is 0.269. The normalized spacial score (nSPS) is 12.8. The van der Waals surface area contributed by atoms with Crippen molar-refractivity contribution in [3.05, 3.63) is 23.9 Å². The Morgan fingerprint density at radius 3 is 2.81 bits per heavy atom. The molecule has 0 spiro atoms. The van der Waals surface area contributed by atoms with Crippen LogP contribution in [0, 0.1) is 5.92 Å². The van der Waals surface area contributed by atoms with Crippen molar-refractivity contribution in [3.8, 4) is 5.88 Å². The highest BCUT2D eigenvalue weighted by Crippen LogP contribution is 2.06. The zero-order valence-electron chi connectivity index (χ0n) is 10.1. The molecule has 1 aromatic rings. The molecule has 0 saturated carbocycles. The quantitative estimate of drug-likeness (QED) is 0.762. The van der Waals surface area contributed by atoms with Crippen LogP contribution in [0.3, 0.4) is 0 Å². The van der Waals surface area contributed by atoms with E-state index >= 15 is 0 Å². The van der Waals surface area contributed by atoms with E-state index in [2.05, 4.69) is 10.3 Å². The topological polar surface area (TPSA) is 54.4 Å². The smallest absolute Gasteiger partial charge is 0.213 e. The molecule has 0 fully saturated rings. The first kappa shape index (κ1) is 12.9. The molecule has 1 unspecified atom stereocenters. The van der Waals surface area contributed by atoms with Gasteiger partial charge >= 0.3 is 0 Å². The Morgan fingerprint density at radius 1 is 1.44 bits per heavy atom. The third-order valence-electron chi connectivity index (χ3n) is 2.42. The fourth-order valence-electron chi connectivity index (χ4n) is 1.25. The molecule has 1 atom stereocenters. The van der Waals surface area contributed by atoms with Crippen molar-refractivity contribution in [1.82, 2.24) is 10.3 Å². The van der Waals surface area contributed by atoms with E-state index in [9.17, 15) is 5.11 Å². The molecule has 2 N–H and O–H groups in total. The van der Waals surface area contributed by atoms with Crippen LogP contribution in [0.25, 0.3) is 0 Å².